The van der Waals surface area contributed by atoms with Crippen LogP contribution in [0.15, 0.2) is 66.7 Å². The van der Waals surface area contributed by atoms with E-state index in [-0.39, 0.29) is 31.4 Å². The Kier molecular flexibility index (Phi) is 7.09. The minimum Gasteiger partial charge on any atom is -0.396 e. The van der Waals surface area contributed by atoms with Gasteiger partial charge in [0.1, 0.15) is 0 Å². The Morgan fingerprint density at radius 3 is 2.59 bits per heavy atom. The van der Waals surface area contributed by atoms with Crippen LogP contribution in [0.2, 0.25) is 23.7 Å². The SMILES string of the molecule is C[C@@H]1[C@@H]([Si](C)(C)F)[C@H](CCO)O[C@@]12C(=O)N(Cc1cccc(N3C(=O)CCc4ccccc43)c1)c1ccc(Cl)cc12. The van der Waals surface area contributed by atoms with E-state index >= 15 is 4.11 Å². The molecule has 41 heavy (non-hydrogen) atoms. The number of halogens is 2. The molecule has 2 amide bonds. The average molecular weight is 593 g/mol. The third kappa shape index (κ3) is 4.52. The smallest absolute Gasteiger partial charge is 0.264 e. The molecule has 0 aromatic heterocycles. The third-order valence-electron chi connectivity index (χ3n) is 8.94. The monoisotopic (exact) mass is 592 g/mol. The van der Waals surface area contributed by atoms with Gasteiger partial charge in [-0.25, -0.2) is 0 Å². The number of hydrogen-bond acceptors (Lipinski definition) is 4. The van der Waals surface area contributed by atoms with E-state index in [1.165, 1.54) is 0 Å². The molecule has 0 saturated carbocycles. The van der Waals surface area contributed by atoms with Gasteiger partial charge in [0.15, 0.2) is 5.60 Å². The maximum Gasteiger partial charge on any atom is 0.264 e. The van der Waals surface area contributed by atoms with Gasteiger partial charge >= 0.3 is 0 Å². The zero-order valence-corrected chi connectivity index (χ0v) is 25.2. The van der Waals surface area contributed by atoms with Crippen molar-refractivity contribution in [1.82, 2.24) is 0 Å². The highest BCUT2D eigenvalue weighted by Crippen LogP contribution is 2.60. The number of anilines is 3. The highest BCUT2D eigenvalue weighted by Gasteiger charge is 2.66. The molecule has 1 spiro atoms. The summed E-state index contributed by atoms with van der Waals surface area (Å²) in [6.07, 6.45) is 0.825. The Hall–Kier alpha value is -3.04. The van der Waals surface area contributed by atoms with E-state index in [1.807, 2.05) is 61.5 Å². The standard InChI is InChI=1S/C32H34ClFN2O4Si/c1-20-30(41(2,3)34)28(15-16-37)40-32(20)25-18-23(33)12-13-27(25)35(31(32)39)19-21-7-6-9-24(17-21)36-26-10-5-4-8-22(26)11-14-29(36)38/h4-10,12-13,17-18,20,28,30,37H,11,14-16,19H2,1-3H3/t20-,28+,30-,32+/m1/s1. The van der Waals surface area contributed by atoms with Crippen molar-refractivity contribution in [2.45, 2.75) is 63.1 Å². The summed E-state index contributed by atoms with van der Waals surface area (Å²) in [5.41, 5.74) is 3.05. The van der Waals surface area contributed by atoms with Gasteiger partial charge in [-0.15, -0.1) is 0 Å². The van der Waals surface area contributed by atoms with Gasteiger partial charge in [-0.1, -0.05) is 48.9 Å². The van der Waals surface area contributed by atoms with Crippen LogP contribution in [0, 0.1) is 5.92 Å². The van der Waals surface area contributed by atoms with Crippen molar-refractivity contribution >= 4 is 48.9 Å². The van der Waals surface area contributed by atoms with Gasteiger partial charge in [-0.2, -0.15) is 0 Å². The number of rotatable bonds is 6. The lowest BCUT2D eigenvalue weighted by atomic mass is 9.82. The van der Waals surface area contributed by atoms with Crippen molar-refractivity contribution in [2.24, 2.45) is 5.92 Å². The number of carbonyl (C=O) groups is 2. The van der Waals surface area contributed by atoms with E-state index in [0.29, 0.717) is 29.1 Å². The predicted octanol–water partition coefficient (Wildman–Crippen LogP) is 6.66. The second-order valence-electron chi connectivity index (χ2n) is 11.9. The van der Waals surface area contributed by atoms with Crippen molar-refractivity contribution < 1.29 is 23.5 Å². The van der Waals surface area contributed by atoms with Crippen LogP contribution < -0.4 is 9.80 Å². The van der Waals surface area contributed by atoms with E-state index in [9.17, 15) is 14.7 Å². The second-order valence-corrected chi connectivity index (χ2v) is 16.1. The first-order chi connectivity index (χ1) is 19.6. The van der Waals surface area contributed by atoms with Crippen LogP contribution >= 0.6 is 11.6 Å². The summed E-state index contributed by atoms with van der Waals surface area (Å²) in [4.78, 5) is 31.0. The van der Waals surface area contributed by atoms with Crippen molar-refractivity contribution in [1.29, 1.82) is 0 Å². The highest BCUT2D eigenvalue weighted by molar-refractivity contribution is 6.72. The number of hydrogen-bond donors (Lipinski definition) is 1. The summed E-state index contributed by atoms with van der Waals surface area (Å²) in [7, 11) is -3.28. The zero-order valence-electron chi connectivity index (χ0n) is 23.4. The molecule has 1 saturated heterocycles. The fourth-order valence-electron chi connectivity index (χ4n) is 7.26. The molecular formula is C32H34ClFN2O4Si. The van der Waals surface area contributed by atoms with Crippen molar-refractivity contribution in [3.63, 3.8) is 0 Å². The molecule has 3 aliphatic rings. The lowest BCUT2D eigenvalue weighted by molar-refractivity contribution is -0.146. The first kappa shape index (κ1) is 28.1. The molecule has 1 fully saturated rings. The molecular weight excluding hydrogens is 559 g/mol. The molecule has 6 rings (SSSR count). The van der Waals surface area contributed by atoms with Crippen LogP contribution in [0.3, 0.4) is 0 Å². The van der Waals surface area contributed by atoms with Gasteiger partial charge in [-0.3, -0.25) is 14.5 Å². The first-order valence-electron chi connectivity index (χ1n) is 14.2. The van der Waals surface area contributed by atoms with Gasteiger partial charge in [0.25, 0.3) is 5.91 Å². The number of para-hydroxylation sites is 1. The number of aryl methyl sites for hydroxylation is 1. The van der Waals surface area contributed by atoms with Crippen LogP contribution in [-0.4, -0.2) is 38.0 Å². The topological polar surface area (TPSA) is 70.1 Å². The van der Waals surface area contributed by atoms with Crippen LogP contribution in [0.4, 0.5) is 21.2 Å². The minimum absolute atomic E-state index is 0.0317. The van der Waals surface area contributed by atoms with Gasteiger partial charge in [0.2, 0.25) is 14.3 Å². The number of nitrogens with zero attached hydrogens (tertiary/aromatic N) is 2. The Balaban J connectivity index is 1.39. The van der Waals surface area contributed by atoms with Gasteiger partial charge in [0.05, 0.1) is 24.0 Å². The van der Waals surface area contributed by atoms with Gasteiger partial charge in [0, 0.05) is 40.8 Å². The molecule has 0 radical (unpaired) electrons. The lowest BCUT2D eigenvalue weighted by Gasteiger charge is -2.31. The number of fused-ring (bicyclic) bond motifs is 3. The fourth-order valence-corrected chi connectivity index (χ4v) is 9.98. The molecule has 3 aromatic rings. The second kappa shape index (κ2) is 10.3. The first-order valence-corrected chi connectivity index (χ1v) is 17.5. The molecule has 4 atom stereocenters. The summed E-state index contributed by atoms with van der Waals surface area (Å²) in [5.74, 6) is -0.672. The molecule has 1 N–H and O–H groups in total. The summed E-state index contributed by atoms with van der Waals surface area (Å²) < 4.78 is 22.3. The average Bonchev–Trinajstić information content (AvgIpc) is 3.35. The minimum atomic E-state index is -3.28. The summed E-state index contributed by atoms with van der Waals surface area (Å²) >= 11 is 6.45. The maximum absolute atomic E-state index is 15.7. The van der Waals surface area contributed by atoms with Crippen molar-refractivity contribution in [3.05, 3.63) is 88.4 Å². The summed E-state index contributed by atoms with van der Waals surface area (Å²) in [5, 5.41) is 10.2. The Morgan fingerprint density at radius 1 is 1.05 bits per heavy atom. The summed E-state index contributed by atoms with van der Waals surface area (Å²) in [6.45, 7) is 5.27. The number of aliphatic hydroxyl groups excluding tert-OH is 1. The summed E-state index contributed by atoms with van der Waals surface area (Å²) in [6, 6.07) is 20.9. The van der Waals surface area contributed by atoms with Crippen LogP contribution in [0.25, 0.3) is 0 Å². The van der Waals surface area contributed by atoms with Crippen LogP contribution in [0.5, 0.6) is 0 Å². The fraction of sp³-hybridized carbons (Fsp3) is 0.375. The number of aliphatic hydroxyl groups is 1. The Morgan fingerprint density at radius 2 is 1.83 bits per heavy atom. The molecule has 0 bridgehead atoms. The Labute approximate surface area is 245 Å². The molecule has 6 nitrogen and oxygen atoms in total. The van der Waals surface area contributed by atoms with Crippen molar-refractivity contribution in [3.8, 4) is 0 Å². The van der Waals surface area contributed by atoms with Gasteiger partial charge in [-0.05, 0) is 73.5 Å². The molecule has 3 heterocycles. The van der Waals surface area contributed by atoms with E-state index in [1.54, 1.807) is 35.0 Å². The number of carbonyl (C=O) groups excluding carboxylic acids is 2. The third-order valence-corrected chi connectivity index (χ3v) is 11.6. The molecule has 3 aliphatic heterocycles. The zero-order chi connectivity index (χ0) is 29.1. The quantitative estimate of drug-likeness (QED) is 0.257. The normalized spacial score (nSPS) is 25.7. The maximum atomic E-state index is 15.7. The predicted molar refractivity (Wildman–Crippen MR) is 161 cm³/mol. The van der Waals surface area contributed by atoms with Crippen LogP contribution in [-0.2, 0) is 32.9 Å². The number of amides is 2. The van der Waals surface area contributed by atoms with E-state index in [2.05, 4.69) is 0 Å². The van der Waals surface area contributed by atoms with E-state index in [0.717, 1.165) is 22.5 Å². The van der Waals surface area contributed by atoms with Gasteiger partial charge < -0.3 is 18.9 Å². The number of ether oxygens (including phenoxy) is 1. The lowest BCUT2D eigenvalue weighted by Crippen LogP contribution is -2.45. The molecule has 0 unspecified atom stereocenters. The molecule has 0 aliphatic carbocycles. The van der Waals surface area contributed by atoms with Crippen LogP contribution in [0.1, 0.15) is 36.5 Å². The Bertz CT molecular complexity index is 1530. The largest absolute Gasteiger partial charge is 0.396 e. The molecule has 9 heteroatoms. The molecule has 3 aromatic carbocycles. The van der Waals surface area contributed by atoms with Crippen molar-refractivity contribution in [2.75, 3.05) is 16.4 Å². The highest BCUT2D eigenvalue weighted by atomic mass is 35.5. The molecule has 214 valence electrons. The van der Waals surface area contributed by atoms with E-state index in [4.69, 9.17) is 16.3 Å². The van der Waals surface area contributed by atoms with E-state index < -0.39 is 31.6 Å². The number of benzene rings is 3.